The van der Waals surface area contributed by atoms with Crippen LogP contribution in [-0.2, 0) is 4.79 Å². The maximum absolute atomic E-state index is 11.3. The number of amides is 1. The second-order valence-corrected chi connectivity index (χ2v) is 5.77. The summed E-state index contributed by atoms with van der Waals surface area (Å²) in [6.45, 7) is 6.47. The van der Waals surface area contributed by atoms with E-state index in [1.165, 1.54) is 0 Å². The van der Waals surface area contributed by atoms with E-state index in [4.69, 9.17) is 5.26 Å². The van der Waals surface area contributed by atoms with Crippen LogP contribution < -0.4 is 10.6 Å². The smallest absolute Gasteiger partial charge is 0.223 e. The molecule has 102 valence electrons. The van der Waals surface area contributed by atoms with Crippen molar-refractivity contribution in [3.8, 4) is 6.07 Å². The van der Waals surface area contributed by atoms with Gasteiger partial charge in [0.1, 0.15) is 0 Å². The quantitative estimate of drug-likeness (QED) is 0.614. The molecule has 4 heteroatoms. The minimum absolute atomic E-state index is 0.196. The lowest BCUT2D eigenvalue weighted by Crippen LogP contribution is -2.33. The molecule has 0 heterocycles. The van der Waals surface area contributed by atoms with E-state index >= 15 is 0 Å². The van der Waals surface area contributed by atoms with Gasteiger partial charge in [0.2, 0.25) is 5.91 Å². The molecule has 1 aliphatic rings. The van der Waals surface area contributed by atoms with Crippen molar-refractivity contribution in [3.63, 3.8) is 0 Å². The van der Waals surface area contributed by atoms with E-state index in [0.29, 0.717) is 5.92 Å². The summed E-state index contributed by atoms with van der Waals surface area (Å²) in [5.74, 6) is 0.519. The Hall–Kier alpha value is -1.08. The van der Waals surface area contributed by atoms with E-state index in [-0.39, 0.29) is 11.3 Å². The minimum Gasteiger partial charge on any atom is -0.355 e. The normalized spacial score (nSPS) is 15.2. The van der Waals surface area contributed by atoms with Gasteiger partial charge in [-0.3, -0.25) is 4.79 Å². The number of nitrogens with zero attached hydrogens (tertiary/aromatic N) is 1. The highest BCUT2D eigenvalue weighted by molar-refractivity contribution is 5.80. The van der Waals surface area contributed by atoms with Crippen LogP contribution in [0.3, 0.4) is 0 Å². The van der Waals surface area contributed by atoms with Crippen molar-refractivity contribution in [2.75, 3.05) is 19.6 Å². The second kappa shape index (κ2) is 7.38. The average Bonchev–Trinajstić information content (AvgIpc) is 3.16. The van der Waals surface area contributed by atoms with E-state index in [0.717, 1.165) is 51.7 Å². The molecule has 1 fully saturated rings. The number of carbonyl (C=O) groups is 1. The molecule has 0 aliphatic heterocycles. The van der Waals surface area contributed by atoms with Gasteiger partial charge in [-0.25, -0.2) is 0 Å². The summed E-state index contributed by atoms with van der Waals surface area (Å²) < 4.78 is 0. The second-order valence-electron chi connectivity index (χ2n) is 5.77. The van der Waals surface area contributed by atoms with E-state index in [9.17, 15) is 4.79 Å². The van der Waals surface area contributed by atoms with Crippen LogP contribution >= 0.6 is 0 Å². The molecule has 0 radical (unpaired) electrons. The fourth-order valence-corrected chi connectivity index (χ4v) is 1.76. The molecule has 0 bridgehead atoms. The van der Waals surface area contributed by atoms with Crippen LogP contribution in [0, 0.1) is 22.7 Å². The maximum Gasteiger partial charge on any atom is 0.223 e. The molecule has 0 aromatic carbocycles. The Morgan fingerprint density at radius 2 is 2.00 bits per heavy atom. The van der Waals surface area contributed by atoms with Crippen molar-refractivity contribution < 1.29 is 4.79 Å². The number of hydrogen-bond donors (Lipinski definition) is 2. The van der Waals surface area contributed by atoms with Crippen LogP contribution in [0.1, 0.15) is 46.0 Å². The van der Waals surface area contributed by atoms with Gasteiger partial charge in [-0.1, -0.05) is 6.42 Å². The van der Waals surface area contributed by atoms with Gasteiger partial charge in [0.25, 0.3) is 0 Å². The van der Waals surface area contributed by atoms with E-state index in [1.807, 2.05) is 13.8 Å². The van der Waals surface area contributed by atoms with Crippen LogP contribution in [0.4, 0.5) is 0 Å². The lowest BCUT2D eigenvalue weighted by Gasteiger charge is -2.14. The summed E-state index contributed by atoms with van der Waals surface area (Å²) in [6.07, 6.45) is 5.23. The third-order valence-electron chi connectivity index (χ3n) is 3.26. The highest BCUT2D eigenvalue weighted by Gasteiger charge is 2.28. The first-order valence-corrected chi connectivity index (χ1v) is 6.95. The molecule has 1 amide bonds. The van der Waals surface area contributed by atoms with Gasteiger partial charge < -0.3 is 10.6 Å². The number of unbranched alkanes of at least 4 members (excludes halogenated alkanes) is 1. The van der Waals surface area contributed by atoms with E-state index < -0.39 is 0 Å². The lowest BCUT2D eigenvalue weighted by molar-refractivity contribution is -0.122. The number of carbonyl (C=O) groups excluding carboxylic acids is 1. The molecule has 1 aliphatic carbocycles. The van der Waals surface area contributed by atoms with Crippen LogP contribution in [0.15, 0.2) is 0 Å². The molecule has 1 rings (SSSR count). The van der Waals surface area contributed by atoms with Crippen LogP contribution in [0.25, 0.3) is 0 Å². The molecular weight excluding hydrogens is 226 g/mol. The van der Waals surface area contributed by atoms with Crippen molar-refractivity contribution in [2.45, 2.75) is 46.0 Å². The summed E-state index contributed by atoms with van der Waals surface area (Å²) in [5.41, 5.74) is -0.196. The molecule has 2 N–H and O–H groups in total. The fourth-order valence-electron chi connectivity index (χ4n) is 1.76. The minimum atomic E-state index is -0.196. The Kier molecular flexibility index (Phi) is 6.14. The summed E-state index contributed by atoms with van der Waals surface area (Å²) in [4.78, 5) is 11.3. The van der Waals surface area contributed by atoms with Crippen LogP contribution in [-0.4, -0.2) is 25.5 Å². The van der Waals surface area contributed by atoms with Gasteiger partial charge in [-0.05, 0) is 46.1 Å². The number of hydrogen-bond acceptors (Lipinski definition) is 3. The first kappa shape index (κ1) is 15.0. The zero-order valence-electron chi connectivity index (χ0n) is 11.6. The Balaban J connectivity index is 1.84. The van der Waals surface area contributed by atoms with Gasteiger partial charge >= 0.3 is 0 Å². The summed E-state index contributed by atoms with van der Waals surface area (Å²) in [7, 11) is 0. The molecule has 1 saturated carbocycles. The maximum atomic E-state index is 11.3. The van der Waals surface area contributed by atoms with Gasteiger partial charge in [0.05, 0.1) is 11.5 Å². The number of nitrogens with one attached hydrogen (secondary N) is 2. The predicted molar refractivity (Wildman–Crippen MR) is 71.8 cm³/mol. The van der Waals surface area contributed by atoms with Gasteiger partial charge in [0.15, 0.2) is 0 Å². The molecule has 0 aromatic rings. The highest BCUT2D eigenvalue weighted by Crippen LogP contribution is 2.28. The van der Waals surface area contributed by atoms with Crippen LogP contribution in [0.5, 0.6) is 0 Å². The largest absolute Gasteiger partial charge is 0.355 e. The monoisotopic (exact) mass is 251 g/mol. The van der Waals surface area contributed by atoms with E-state index in [1.54, 1.807) is 0 Å². The van der Waals surface area contributed by atoms with Crippen LogP contribution in [0.2, 0.25) is 0 Å². The molecule has 0 saturated heterocycles. The van der Waals surface area contributed by atoms with E-state index in [2.05, 4.69) is 16.7 Å². The first-order chi connectivity index (χ1) is 8.55. The van der Waals surface area contributed by atoms with Crippen molar-refractivity contribution in [1.29, 1.82) is 5.26 Å². The van der Waals surface area contributed by atoms with Crippen molar-refractivity contribution in [1.82, 2.24) is 10.6 Å². The molecule has 0 aromatic heterocycles. The third kappa shape index (κ3) is 6.61. The Morgan fingerprint density at radius 1 is 1.28 bits per heavy atom. The number of nitriles is 1. The fraction of sp³-hybridized carbons (Fsp3) is 0.857. The van der Waals surface area contributed by atoms with Crippen molar-refractivity contribution >= 4 is 5.91 Å². The summed E-state index contributed by atoms with van der Waals surface area (Å²) in [5, 5.41) is 15.1. The molecule has 0 spiro atoms. The first-order valence-electron chi connectivity index (χ1n) is 6.95. The van der Waals surface area contributed by atoms with Gasteiger partial charge in [-0.2, -0.15) is 5.26 Å². The topological polar surface area (TPSA) is 64.9 Å². The summed E-state index contributed by atoms with van der Waals surface area (Å²) in [6, 6.07) is 2.31. The Morgan fingerprint density at radius 3 is 2.61 bits per heavy atom. The summed E-state index contributed by atoms with van der Waals surface area (Å²) >= 11 is 0. The lowest BCUT2D eigenvalue weighted by atomic mass is 9.89. The predicted octanol–water partition coefficient (Wildman–Crippen LogP) is 1.82. The SMILES string of the molecule is CC(C)(C#N)CCCCNCCNC(=O)C1CC1. The van der Waals surface area contributed by atoms with Crippen molar-refractivity contribution in [2.24, 2.45) is 11.3 Å². The molecule has 0 atom stereocenters. The molecule has 18 heavy (non-hydrogen) atoms. The van der Waals surface area contributed by atoms with Crippen molar-refractivity contribution in [3.05, 3.63) is 0 Å². The third-order valence-corrected chi connectivity index (χ3v) is 3.26. The Labute approximate surface area is 110 Å². The zero-order valence-corrected chi connectivity index (χ0v) is 11.6. The standard InChI is InChI=1S/C14H25N3O/c1-14(2,11-15)7-3-4-8-16-9-10-17-13(18)12-5-6-12/h12,16H,3-10H2,1-2H3,(H,17,18). The average molecular weight is 251 g/mol. The number of rotatable bonds is 9. The zero-order chi connectivity index (χ0) is 13.4. The Bertz CT molecular complexity index is 303. The molecule has 4 nitrogen and oxygen atoms in total. The van der Waals surface area contributed by atoms with Gasteiger partial charge in [0, 0.05) is 19.0 Å². The molecule has 0 unspecified atom stereocenters. The highest BCUT2D eigenvalue weighted by atomic mass is 16.2. The molecular formula is C14H25N3O. The van der Waals surface area contributed by atoms with Gasteiger partial charge in [-0.15, -0.1) is 0 Å².